The molecule has 2 aliphatic rings. The van der Waals surface area contributed by atoms with Crippen molar-refractivity contribution in [3.8, 4) is 0 Å². The van der Waals surface area contributed by atoms with Gasteiger partial charge in [-0.3, -0.25) is 9.80 Å². The highest BCUT2D eigenvalue weighted by Gasteiger charge is 2.23. The van der Waals surface area contributed by atoms with Crippen LogP contribution in [0.25, 0.3) is 0 Å². The fraction of sp³-hybridized carbons (Fsp3) is 0.688. The van der Waals surface area contributed by atoms with Gasteiger partial charge in [-0.2, -0.15) is 0 Å². The number of rotatable bonds is 4. The van der Waals surface area contributed by atoms with Crippen LogP contribution in [-0.2, 0) is 4.74 Å². The van der Waals surface area contributed by atoms with E-state index in [9.17, 15) is 0 Å². The minimum absolute atomic E-state index is 0.619. The van der Waals surface area contributed by atoms with E-state index < -0.39 is 0 Å². The molecule has 3 heterocycles. The Labute approximate surface area is 127 Å². The number of piperazine rings is 1. The van der Waals surface area contributed by atoms with E-state index in [0.717, 1.165) is 64.8 Å². The molecule has 1 aromatic heterocycles. The standard InChI is InChI=1S/C16H26N4O/c1-15(14-18-10-12-21-13-11-18)19-6-8-20(9-7-19)16-4-2-3-5-17-16/h2-5,15H,6-14H2,1H3. The molecule has 3 rings (SSSR count). The normalized spacial score (nSPS) is 23.2. The van der Waals surface area contributed by atoms with Crippen LogP contribution in [0.15, 0.2) is 24.4 Å². The fourth-order valence-electron chi connectivity index (χ4n) is 3.21. The van der Waals surface area contributed by atoms with Crippen LogP contribution in [0.2, 0.25) is 0 Å². The van der Waals surface area contributed by atoms with E-state index in [-0.39, 0.29) is 0 Å². The number of anilines is 1. The number of ether oxygens (including phenoxy) is 1. The average Bonchev–Trinajstić information content (AvgIpc) is 2.57. The Morgan fingerprint density at radius 3 is 2.52 bits per heavy atom. The molecule has 5 nitrogen and oxygen atoms in total. The monoisotopic (exact) mass is 290 g/mol. The lowest BCUT2D eigenvalue weighted by Crippen LogP contribution is -2.53. The van der Waals surface area contributed by atoms with Crippen LogP contribution < -0.4 is 4.90 Å². The minimum Gasteiger partial charge on any atom is -0.379 e. The molecule has 0 saturated carbocycles. The van der Waals surface area contributed by atoms with Gasteiger partial charge in [0.1, 0.15) is 5.82 Å². The lowest BCUT2D eigenvalue weighted by molar-refractivity contribution is 0.0239. The quantitative estimate of drug-likeness (QED) is 0.823. The van der Waals surface area contributed by atoms with Gasteiger partial charge in [0.25, 0.3) is 0 Å². The number of hydrogen-bond acceptors (Lipinski definition) is 5. The predicted molar refractivity (Wildman–Crippen MR) is 84.7 cm³/mol. The van der Waals surface area contributed by atoms with Crippen molar-refractivity contribution in [2.24, 2.45) is 0 Å². The molecular weight excluding hydrogens is 264 g/mol. The zero-order valence-electron chi connectivity index (χ0n) is 12.9. The summed E-state index contributed by atoms with van der Waals surface area (Å²) < 4.78 is 5.42. The van der Waals surface area contributed by atoms with Gasteiger partial charge in [-0.05, 0) is 19.1 Å². The van der Waals surface area contributed by atoms with Gasteiger partial charge in [-0.1, -0.05) is 6.07 Å². The van der Waals surface area contributed by atoms with Crippen molar-refractivity contribution in [3.63, 3.8) is 0 Å². The highest BCUT2D eigenvalue weighted by Crippen LogP contribution is 2.14. The highest BCUT2D eigenvalue weighted by molar-refractivity contribution is 5.38. The van der Waals surface area contributed by atoms with E-state index in [1.54, 1.807) is 0 Å². The first kappa shape index (κ1) is 14.8. The summed E-state index contributed by atoms with van der Waals surface area (Å²) in [5, 5.41) is 0. The summed E-state index contributed by atoms with van der Waals surface area (Å²) in [6.07, 6.45) is 1.88. The van der Waals surface area contributed by atoms with Gasteiger partial charge in [-0.25, -0.2) is 4.98 Å². The number of morpholine rings is 1. The Balaban J connectivity index is 1.46. The van der Waals surface area contributed by atoms with Gasteiger partial charge < -0.3 is 9.64 Å². The number of pyridine rings is 1. The minimum atomic E-state index is 0.619. The molecule has 1 atom stereocenters. The zero-order valence-corrected chi connectivity index (χ0v) is 12.9. The molecule has 0 radical (unpaired) electrons. The van der Waals surface area contributed by atoms with Gasteiger partial charge >= 0.3 is 0 Å². The number of nitrogens with zero attached hydrogens (tertiary/aromatic N) is 4. The Bertz CT molecular complexity index is 414. The van der Waals surface area contributed by atoms with Crippen molar-refractivity contribution in [3.05, 3.63) is 24.4 Å². The van der Waals surface area contributed by atoms with E-state index in [2.05, 4.69) is 38.7 Å². The van der Waals surface area contributed by atoms with Crippen molar-refractivity contribution >= 4 is 5.82 Å². The smallest absolute Gasteiger partial charge is 0.128 e. The van der Waals surface area contributed by atoms with Crippen LogP contribution in [0.5, 0.6) is 0 Å². The molecular formula is C16H26N4O. The van der Waals surface area contributed by atoms with Gasteiger partial charge in [0, 0.05) is 58.1 Å². The second kappa shape index (κ2) is 7.20. The highest BCUT2D eigenvalue weighted by atomic mass is 16.5. The van der Waals surface area contributed by atoms with Gasteiger partial charge in [0.05, 0.1) is 13.2 Å². The molecule has 0 aliphatic carbocycles. The maximum Gasteiger partial charge on any atom is 0.128 e. The Hall–Kier alpha value is -1.17. The third kappa shape index (κ3) is 3.93. The SMILES string of the molecule is CC(CN1CCOCC1)N1CCN(c2ccccn2)CC1. The maximum atomic E-state index is 5.42. The molecule has 0 aromatic carbocycles. The van der Waals surface area contributed by atoms with Crippen LogP contribution in [0.3, 0.4) is 0 Å². The van der Waals surface area contributed by atoms with Crippen LogP contribution in [0, 0.1) is 0 Å². The third-order valence-electron chi connectivity index (χ3n) is 4.54. The summed E-state index contributed by atoms with van der Waals surface area (Å²) >= 11 is 0. The van der Waals surface area contributed by atoms with Crippen molar-refractivity contribution < 1.29 is 4.74 Å². The molecule has 2 aliphatic heterocycles. The summed E-state index contributed by atoms with van der Waals surface area (Å²) in [7, 11) is 0. The first-order valence-corrected chi connectivity index (χ1v) is 8.03. The number of hydrogen-bond donors (Lipinski definition) is 0. The first-order chi connectivity index (χ1) is 10.3. The van der Waals surface area contributed by atoms with Crippen molar-refractivity contribution in [1.29, 1.82) is 0 Å². The molecule has 0 bridgehead atoms. The lowest BCUT2D eigenvalue weighted by atomic mass is 10.2. The van der Waals surface area contributed by atoms with E-state index in [1.165, 1.54) is 0 Å². The second-order valence-electron chi connectivity index (χ2n) is 5.97. The molecule has 0 amide bonds. The third-order valence-corrected chi connectivity index (χ3v) is 4.54. The summed E-state index contributed by atoms with van der Waals surface area (Å²) in [5.74, 6) is 1.11. The molecule has 0 N–H and O–H groups in total. The predicted octanol–water partition coefficient (Wildman–Crippen LogP) is 0.924. The summed E-state index contributed by atoms with van der Waals surface area (Å²) in [6, 6.07) is 6.77. The van der Waals surface area contributed by atoms with Crippen LogP contribution >= 0.6 is 0 Å². The van der Waals surface area contributed by atoms with Crippen molar-refractivity contribution in [2.45, 2.75) is 13.0 Å². The Morgan fingerprint density at radius 2 is 1.86 bits per heavy atom. The molecule has 21 heavy (non-hydrogen) atoms. The average molecular weight is 290 g/mol. The molecule has 1 aromatic rings. The van der Waals surface area contributed by atoms with Gasteiger partial charge in [-0.15, -0.1) is 0 Å². The van der Waals surface area contributed by atoms with E-state index in [0.29, 0.717) is 6.04 Å². The topological polar surface area (TPSA) is 31.8 Å². The van der Waals surface area contributed by atoms with Crippen molar-refractivity contribution in [2.75, 3.05) is 63.9 Å². The molecule has 0 spiro atoms. The number of aromatic nitrogens is 1. The van der Waals surface area contributed by atoms with Gasteiger partial charge in [0.2, 0.25) is 0 Å². The largest absolute Gasteiger partial charge is 0.379 e. The van der Waals surface area contributed by atoms with Crippen LogP contribution in [-0.4, -0.2) is 79.9 Å². The molecule has 2 saturated heterocycles. The lowest BCUT2D eigenvalue weighted by Gasteiger charge is -2.40. The molecule has 5 heteroatoms. The fourth-order valence-corrected chi connectivity index (χ4v) is 3.21. The van der Waals surface area contributed by atoms with Crippen LogP contribution in [0.4, 0.5) is 5.82 Å². The van der Waals surface area contributed by atoms with E-state index >= 15 is 0 Å². The molecule has 1 unspecified atom stereocenters. The summed E-state index contributed by atoms with van der Waals surface area (Å²) in [5.41, 5.74) is 0. The summed E-state index contributed by atoms with van der Waals surface area (Å²) in [6.45, 7) is 11.9. The van der Waals surface area contributed by atoms with E-state index in [4.69, 9.17) is 4.74 Å². The first-order valence-electron chi connectivity index (χ1n) is 8.03. The summed E-state index contributed by atoms with van der Waals surface area (Å²) in [4.78, 5) is 12.0. The zero-order chi connectivity index (χ0) is 14.5. The Kier molecular flexibility index (Phi) is 5.06. The van der Waals surface area contributed by atoms with Crippen LogP contribution in [0.1, 0.15) is 6.92 Å². The second-order valence-corrected chi connectivity index (χ2v) is 5.97. The van der Waals surface area contributed by atoms with Gasteiger partial charge in [0.15, 0.2) is 0 Å². The van der Waals surface area contributed by atoms with E-state index in [1.807, 2.05) is 12.3 Å². The molecule has 2 fully saturated rings. The van der Waals surface area contributed by atoms with Crippen molar-refractivity contribution in [1.82, 2.24) is 14.8 Å². The maximum absolute atomic E-state index is 5.42. The Morgan fingerprint density at radius 1 is 1.10 bits per heavy atom. The molecule has 116 valence electrons.